The summed E-state index contributed by atoms with van der Waals surface area (Å²) in [6, 6.07) is 5.96. The number of allylic oxidation sites excluding steroid dienone is 1. The molecule has 0 aliphatic rings. The van der Waals surface area contributed by atoms with Gasteiger partial charge in [0.25, 0.3) is 5.91 Å². The molecule has 0 unspecified atom stereocenters. The standard InChI is InChI=1S/C25H29FN8O2/c1-15-11-23(33-34(15)6)27-10-9-19(32-31-16(2)35)17-7-8-18(26)20(12-17)30-24(36)21-13-29-22(14-28-21)25(3,4)5/h7-14H,1-6H3,(H,27,33)(H,30,36)(H,31,35)/b10-9+,32-19+. The molecule has 11 heteroatoms. The number of hydrazone groups is 1. The monoisotopic (exact) mass is 492 g/mol. The number of hydrogen-bond acceptors (Lipinski definition) is 7. The van der Waals surface area contributed by atoms with Gasteiger partial charge in [-0.2, -0.15) is 10.2 Å². The van der Waals surface area contributed by atoms with E-state index < -0.39 is 11.7 Å². The van der Waals surface area contributed by atoms with E-state index in [1.165, 1.54) is 37.5 Å². The number of halogens is 1. The zero-order valence-electron chi connectivity index (χ0n) is 21.0. The Kier molecular flexibility index (Phi) is 7.93. The van der Waals surface area contributed by atoms with Crippen LogP contribution in [-0.2, 0) is 17.3 Å². The summed E-state index contributed by atoms with van der Waals surface area (Å²) in [4.78, 5) is 32.6. The zero-order valence-corrected chi connectivity index (χ0v) is 21.0. The molecule has 0 atom stereocenters. The normalized spacial score (nSPS) is 12.0. The van der Waals surface area contributed by atoms with Crippen LogP contribution >= 0.6 is 0 Å². The lowest BCUT2D eigenvalue weighted by atomic mass is 9.93. The van der Waals surface area contributed by atoms with Crippen LogP contribution < -0.4 is 16.1 Å². The summed E-state index contributed by atoms with van der Waals surface area (Å²) in [5.41, 5.74) is 4.59. The molecule has 2 aromatic heterocycles. The van der Waals surface area contributed by atoms with E-state index in [4.69, 9.17) is 0 Å². The summed E-state index contributed by atoms with van der Waals surface area (Å²) >= 11 is 0. The van der Waals surface area contributed by atoms with Gasteiger partial charge in [-0.05, 0) is 31.2 Å². The highest BCUT2D eigenvalue weighted by Crippen LogP contribution is 2.20. The van der Waals surface area contributed by atoms with Crippen molar-refractivity contribution >= 4 is 29.0 Å². The van der Waals surface area contributed by atoms with Crippen molar-refractivity contribution in [2.75, 3.05) is 10.6 Å². The summed E-state index contributed by atoms with van der Waals surface area (Å²) in [7, 11) is 1.83. The molecule has 0 saturated carbocycles. The molecule has 3 rings (SSSR count). The first-order chi connectivity index (χ1) is 16.9. The molecule has 3 aromatic rings. The molecule has 0 aliphatic carbocycles. The Labute approximate surface area is 208 Å². The van der Waals surface area contributed by atoms with Crippen molar-refractivity contribution in [2.24, 2.45) is 12.1 Å². The number of aromatic nitrogens is 4. The van der Waals surface area contributed by atoms with Crippen LogP contribution in [0.3, 0.4) is 0 Å². The highest BCUT2D eigenvalue weighted by Gasteiger charge is 2.18. The Morgan fingerprint density at radius 2 is 1.89 bits per heavy atom. The minimum absolute atomic E-state index is 0.0506. The van der Waals surface area contributed by atoms with Gasteiger partial charge in [-0.25, -0.2) is 14.8 Å². The van der Waals surface area contributed by atoms with Gasteiger partial charge >= 0.3 is 0 Å². The molecule has 188 valence electrons. The average molecular weight is 493 g/mol. The maximum absolute atomic E-state index is 14.6. The molecular formula is C25H29FN8O2. The maximum atomic E-state index is 14.6. The zero-order chi connectivity index (χ0) is 26.5. The molecule has 0 fully saturated rings. The summed E-state index contributed by atoms with van der Waals surface area (Å²) in [6.45, 7) is 9.20. The van der Waals surface area contributed by atoms with Gasteiger partial charge in [0.05, 0.1) is 23.3 Å². The van der Waals surface area contributed by atoms with Crippen LogP contribution in [0.2, 0.25) is 0 Å². The lowest BCUT2D eigenvalue weighted by Crippen LogP contribution is -2.19. The molecule has 3 N–H and O–H groups in total. The predicted octanol–water partition coefficient (Wildman–Crippen LogP) is 3.67. The van der Waals surface area contributed by atoms with Crippen molar-refractivity contribution in [1.29, 1.82) is 0 Å². The number of carbonyl (C=O) groups is 2. The summed E-state index contributed by atoms with van der Waals surface area (Å²) < 4.78 is 16.3. The maximum Gasteiger partial charge on any atom is 0.275 e. The Bertz CT molecular complexity index is 1300. The summed E-state index contributed by atoms with van der Waals surface area (Å²) in [5, 5.41) is 13.9. The minimum Gasteiger partial charge on any atom is -0.345 e. The molecule has 0 radical (unpaired) electrons. The van der Waals surface area contributed by atoms with Crippen molar-refractivity contribution in [3.8, 4) is 0 Å². The van der Waals surface area contributed by atoms with Crippen LogP contribution in [0.4, 0.5) is 15.9 Å². The van der Waals surface area contributed by atoms with Crippen molar-refractivity contribution in [2.45, 2.75) is 40.0 Å². The molecule has 0 bridgehead atoms. The van der Waals surface area contributed by atoms with Crippen LogP contribution in [0.15, 0.2) is 54.0 Å². The molecule has 0 aliphatic heterocycles. The molecule has 0 saturated heterocycles. The molecular weight excluding hydrogens is 463 g/mol. The Hall–Kier alpha value is -4.41. The van der Waals surface area contributed by atoms with Crippen molar-refractivity contribution in [3.63, 3.8) is 0 Å². The highest BCUT2D eigenvalue weighted by atomic mass is 19.1. The lowest BCUT2D eigenvalue weighted by molar-refractivity contribution is -0.118. The minimum atomic E-state index is -0.642. The van der Waals surface area contributed by atoms with E-state index in [9.17, 15) is 14.0 Å². The Balaban J connectivity index is 1.83. The first kappa shape index (κ1) is 26.2. The van der Waals surface area contributed by atoms with Crippen LogP contribution in [0.25, 0.3) is 0 Å². The van der Waals surface area contributed by atoms with Gasteiger partial charge in [0, 0.05) is 49.1 Å². The van der Waals surface area contributed by atoms with E-state index in [0.717, 1.165) is 11.4 Å². The van der Waals surface area contributed by atoms with Crippen LogP contribution in [0, 0.1) is 12.7 Å². The molecule has 0 spiro atoms. The number of amides is 2. The average Bonchev–Trinajstić information content (AvgIpc) is 3.14. The fraction of sp³-hybridized carbons (Fsp3) is 0.280. The van der Waals surface area contributed by atoms with E-state index in [2.05, 4.69) is 36.2 Å². The Morgan fingerprint density at radius 1 is 1.14 bits per heavy atom. The van der Waals surface area contributed by atoms with Gasteiger partial charge in [-0.15, -0.1) is 0 Å². The topological polar surface area (TPSA) is 126 Å². The van der Waals surface area contributed by atoms with Crippen molar-refractivity contribution < 1.29 is 14.0 Å². The quantitative estimate of drug-likeness (QED) is 0.341. The second-order valence-corrected chi connectivity index (χ2v) is 9.12. The van der Waals surface area contributed by atoms with Crippen molar-refractivity contribution in [1.82, 2.24) is 25.2 Å². The largest absolute Gasteiger partial charge is 0.345 e. The number of benzene rings is 1. The number of anilines is 2. The van der Waals surface area contributed by atoms with Gasteiger partial charge in [-0.1, -0.05) is 20.8 Å². The molecule has 2 heterocycles. The first-order valence-electron chi connectivity index (χ1n) is 11.2. The van der Waals surface area contributed by atoms with E-state index in [1.807, 2.05) is 40.8 Å². The summed E-state index contributed by atoms with van der Waals surface area (Å²) in [5.74, 6) is -1.00. The van der Waals surface area contributed by atoms with E-state index in [-0.39, 0.29) is 22.7 Å². The van der Waals surface area contributed by atoms with E-state index >= 15 is 0 Å². The molecule has 2 amide bonds. The van der Waals surface area contributed by atoms with Gasteiger partial charge in [0.1, 0.15) is 11.5 Å². The van der Waals surface area contributed by atoms with E-state index in [0.29, 0.717) is 17.1 Å². The number of hydrogen-bond donors (Lipinski definition) is 3. The number of nitrogens with one attached hydrogen (secondary N) is 3. The van der Waals surface area contributed by atoms with E-state index in [1.54, 1.807) is 17.0 Å². The van der Waals surface area contributed by atoms with Gasteiger partial charge in [-0.3, -0.25) is 19.3 Å². The molecule has 10 nitrogen and oxygen atoms in total. The fourth-order valence-corrected chi connectivity index (χ4v) is 2.97. The first-order valence-corrected chi connectivity index (χ1v) is 11.2. The van der Waals surface area contributed by atoms with Gasteiger partial charge in [0.15, 0.2) is 5.82 Å². The fourth-order valence-electron chi connectivity index (χ4n) is 2.97. The van der Waals surface area contributed by atoms with Crippen LogP contribution in [0.5, 0.6) is 0 Å². The Morgan fingerprint density at radius 3 is 2.47 bits per heavy atom. The van der Waals surface area contributed by atoms with Crippen LogP contribution in [0.1, 0.15) is 55.1 Å². The van der Waals surface area contributed by atoms with Crippen LogP contribution in [-0.4, -0.2) is 37.3 Å². The molecule has 36 heavy (non-hydrogen) atoms. The SMILES string of the molecule is CC(=O)N/N=C(\C=C\Nc1cc(C)n(C)n1)c1ccc(F)c(NC(=O)c2cnc(C(C)(C)C)cn2)c1. The number of nitrogens with zero attached hydrogens (tertiary/aromatic N) is 5. The smallest absolute Gasteiger partial charge is 0.275 e. The summed E-state index contributed by atoms with van der Waals surface area (Å²) in [6.07, 6.45) is 6.07. The molecule has 1 aromatic carbocycles. The lowest BCUT2D eigenvalue weighted by Gasteiger charge is -2.16. The van der Waals surface area contributed by atoms with Gasteiger partial charge in [0.2, 0.25) is 5.91 Å². The second-order valence-electron chi connectivity index (χ2n) is 9.12. The third-order valence-corrected chi connectivity index (χ3v) is 5.08. The van der Waals surface area contributed by atoms with Gasteiger partial charge < -0.3 is 10.6 Å². The second kappa shape index (κ2) is 10.9. The number of rotatable bonds is 7. The highest BCUT2D eigenvalue weighted by molar-refractivity contribution is 6.10. The predicted molar refractivity (Wildman–Crippen MR) is 136 cm³/mol. The number of aryl methyl sites for hydroxylation is 2. The van der Waals surface area contributed by atoms with Crippen molar-refractivity contribution in [3.05, 3.63) is 77.4 Å². The third kappa shape index (κ3) is 6.81. The third-order valence-electron chi connectivity index (χ3n) is 5.08. The number of carbonyl (C=O) groups excluding carboxylic acids is 2.